The first-order valence-corrected chi connectivity index (χ1v) is 9.11. The Morgan fingerprint density at radius 2 is 1.39 bits per heavy atom. The van der Waals surface area contributed by atoms with E-state index >= 15 is 0 Å². The second-order valence-electron chi connectivity index (χ2n) is 6.46. The van der Waals surface area contributed by atoms with Crippen molar-refractivity contribution in [2.24, 2.45) is 0 Å². The summed E-state index contributed by atoms with van der Waals surface area (Å²) in [6, 6.07) is 26.3. The third-order valence-corrected chi connectivity index (χ3v) is 4.38. The lowest BCUT2D eigenvalue weighted by Crippen LogP contribution is -2.28. The van der Waals surface area contributed by atoms with E-state index in [9.17, 15) is 9.59 Å². The Balaban J connectivity index is 1.50. The number of nitrogens with one attached hydrogen (secondary N) is 2. The molecular formula is C23H23N3O2. The highest BCUT2D eigenvalue weighted by Gasteiger charge is 2.11. The zero-order valence-corrected chi connectivity index (χ0v) is 15.8. The summed E-state index contributed by atoms with van der Waals surface area (Å²) in [5.41, 5.74) is 3.47. The molecule has 28 heavy (non-hydrogen) atoms. The van der Waals surface area contributed by atoms with Crippen molar-refractivity contribution in [1.29, 1.82) is 0 Å². The average Bonchev–Trinajstić information content (AvgIpc) is 2.74. The van der Waals surface area contributed by atoms with Crippen LogP contribution < -0.4 is 15.5 Å². The smallest absolute Gasteiger partial charge is 0.319 e. The molecule has 2 N–H and O–H groups in total. The van der Waals surface area contributed by atoms with Crippen LogP contribution in [-0.2, 0) is 17.8 Å². The number of hydrogen-bond acceptors (Lipinski definition) is 2. The molecular weight excluding hydrogens is 350 g/mol. The monoisotopic (exact) mass is 373 g/mol. The molecule has 5 nitrogen and oxygen atoms in total. The third-order valence-electron chi connectivity index (χ3n) is 4.38. The number of amides is 3. The fraction of sp³-hybridized carbons (Fsp3) is 0.130. The van der Waals surface area contributed by atoms with Crippen molar-refractivity contribution in [2.45, 2.75) is 13.0 Å². The lowest BCUT2D eigenvalue weighted by molar-refractivity contribution is -0.117. The summed E-state index contributed by atoms with van der Waals surface area (Å²) in [5, 5.41) is 5.61. The van der Waals surface area contributed by atoms with Crippen molar-refractivity contribution in [3.05, 3.63) is 96.1 Å². The number of benzene rings is 3. The van der Waals surface area contributed by atoms with Gasteiger partial charge >= 0.3 is 6.03 Å². The van der Waals surface area contributed by atoms with E-state index in [1.54, 1.807) is 24.1 Å². The molecule has 3 amide bonds. The Labute approximate surface area is 165 Å². The molecule has 0 saturated carbocycles. The number of hydrogen-bond donors (Lipinski definition) is 2. The lowest BCUT2D eigenvalue weighted by Gasteiger charge is -2.17. The van der Waals surface area contributed by atoms with Crippen LogP contribution in [0, 0.1) is 0 Å². The maximum absolute atomic E-state index is 12.4. The predicted octanol–water partition coefficient (Wildman–Crippen LogP) is 4.21. The summed E-state index contributed by atoms with van der Waals surface area (Å²) >= 11 is 0. The van der Waals surface area contributed by atoms with E-state index in [4.69, 9.17) is 0 Å². The predicted molar refractivity (Wildman–Crippen MR) is 112 cm³/mol. The molecule has 0 fully saturated rings. The molecule has 0 heterocycles. The van der Waals surface area contributed by atoms with Crippen molar-refractivity contribution in [3.8, 4) is 0 Å². The van der Waals surface area contributed by atoms with E-state index in [-0.39, 0.29) is 11.9 Å². The minimum Gasteiger partial charge on any atom is -0.334 e. The molecule has 142 valence electrons. The highest BCUT2D eigenvalue weighted by molar-refractivity contribution is 5.94. The molecule has 0 radical (unpaired) electrons. The number of carbonyl (C=O) groups excluding carboxylic acids is 2. The minimum atomic E-state index is -0.267. The normalized spacial score (nSPS) is 10.2. The maximum Gasteiger partial charge on any atom is 0.319 e. The van der Waals surface area contributed by atoms with Gasteiger partial charge in [-0.25, -0.2) is 4.79 Å². The van der Waals surface area contributed by atoms with Crippen molar-refractivity contribution < 1.29 is 9.59 Å². The second-order valence-corrected chi connectivity index (χ2v) is 6.46. The van der Waals surface area contributed by atoms with Gasteiger partial charge in [0.1, 0.15) is 0 Å². The highest BCUT2D eigenvalue weighted by Crippen LogP contribution is 2.15. The SMILES string of the molecule is CN(C(=O)Cc1ccc(NC(=O)NCc2ccccc2)cc1)c1ccccc1. The summed E-state index contributed by atoms with van der Waals surface area (Å²) in [6.45, 7) is 0.463. The van der Waals surface area contributed by atoms with Gasteiger partial charge in [-0.2, -0.15) is 0 Å². The lowest BCUT2D eigenvalue weighted by atomic mass is 10.1. The van der Waals surface area contributed by atoms with Crippen molar-refractivity contribution in [1.82, 2.24) is 5.32 Å². The van der Waals surface area contributed by atoms with Gasteiger partial charge in [0, 0.05) is 25.0 Å². The summed E-state index contributed by atoms with van der Waals surface area (Å²) in [7, 11) is 1.77. The molecule has 3 aromatic rings. The fourth-order valence-corrected chi connectivity index (χ4v) is 2.75. The Morgan fingerprint density at radius 3 is 2.04 bits per heavy atom. The highest BCUT2D eigenvalue weighted by atomic mass is 16.2. The van der Waals surface area contributed by atoms with Crippen LogP contribution in [0.25, 0.3) is 0 Å². The van der Waals surface area contributed by atoms with Crippen LogP contribution in [0.15, 0.2) is 84.9 Å². The van der Waals surface area contributed by atoms with Gasteiger partial charge in [0.15, 0.2) is 0 Å². The topological polar surface area (TPSA) is 61.4 Å². The number of nitrogens with zero attached hydrogens (tertiary/aromatic N) is 1. The van der Waals surface area contributed by atoms with Gasteiger partial charge in [-0.3, -0.25) is 4.79 Å². The fourth-order valence-electron chi connectivity index (χ4n) is 2.75. The van der Waals surface area contributed by atoms with E-state index < -0.39 is 0 Å². The van der Waals surface area contributed by atoms with E-state index in [1.165, 1.54) is 0 Å². The molecule has 0 unspecified atom stereocenters. The van der Waals surface area contributed by atoms with Crippen molar-refractivity contribution >= 4 is 23.3 Å². The molecule has 0 atom stereocenters. The molecule has 3 rings (SSSR count). The molecule has 0 saturated heterocycles. The minimum absolute atomic E-state index is 0.00696. The third kappa shape index (κ3) is 5.45. The summed E-state index contributed by atoms with van der Waals surface area (Å²) in [6.07, 6.45) is 0.297. The van der Waals surface area contributed by atoms with Crippen LogP contribution in [0.1, 0.15) is 11.1 Å². The summed E-state index contributed by atoms with van der Waals surface area (Å²) < 4.78 is 0. The molecule has 0 aliphatic carbocycles. The maximum atomic E-state index is 12.4. The zero-order chi connectivity index (χ0) is 19.8. The van der Waals surface area contributed by atoms with Crippen LogP contribution in [0.3, 0.4) is 0 Å². The van der Waals surface area contributed by atoms with Gasteiger partial charge in [0.2, 0.25) is 5.91 Å². The van der Waals surface area contributed by atoms with Crippen LogP contribution in [-0.4, -0.2) is 19.0 Å². The van der Waals surface area contributed by atoms with Crippen molar-refractivity contribution in [3.63, 3.8) is 0 Å². The molecule has 3 aromatic carbocycles. The Hall–Kier alpha value is -3.60. The number of rotatable bonds is 6. The zero-order valence-electron chi connectivity index (χ0n) is 15.8. The Kier molecular flexibility index (Phi) is 6.41. The van der Waals surface area contributed by atoms with Crippen LogP contribution in [0.4, 0.5) is 16.2 Å². The molecule has 0 aliphatic heterocycles. The number of para-hydroxylation sites is 1. The first-order valence-electron chi connectivity index (χ1n) is 9.11. The molecule has 0 spiro atoms. The Morgan fingerprint density at radius 1 is 0.786 bits per heavy atom. The quantitative estimate of drug-likeness (QED) is 0.680. The number of anilines is 2. The van der Waals surface area contributed by atoms with E-state index in [2.05, 4.69) is 10.6 Å². The van der Waals surface area contributed by atoms with Crippen LogP contribution in [0.5, 0.6) is 0 Å². The molecule has 0 aromatic heterocycles. The van der Waals surface area contributed by atoms with E-state index in [0.29, 0.717) is 18.7 Å². The Bertz CT molecular complexity index is 910. The number of likely N-dealkylation sites (N-methyl/N-ethyl adjacent to an activating group) is 1. The van der Waals surface area contributed by atoms with Crippen molar-refractivity contribution in [2.75, 3.05) is 17.3 Å². The van der Waals surface area contributed by atoms with Crippen LogP contribution in [0.2, 0.25) is 0 Å². The van der Waals surface area contributed by atoms with Gasteiger partial charge in [-0.1, -0.05) is 60.7 Å². The van der Waals surface area contributed by atoms with Gasteiger partial charge < -0.3 is 15.5 Å². The van der Waals surface area contributed by atoms with Gasteiger partial charge in [0.25, 0.3) is 0 Å². The average molecular weight is 373 g/mol. The number of carbonyl (C=O) groups is 2. The van der Waals surface area contributed by atoms with Gasteiger partial charge in [0.05, 0.1) is 6.42 Å². The first kappa shape index (κ1) is 19.2. The molecule has 0 aliphatic rings. The molecule has 0 bridgehead atoms. The van der Waals surface area contributed by atoms with Gasteiger partial charge in [-0.15, -0.1) is 0 Å². The standard InChI is InChI=1S/C23H23N3O2/c1-26(21-10-6-3-7-11-21)22(27)16-18-12-14-20(15-13-18)25-23(28)24-17-19-8-4-2-5-9-19/h2-15H,16-17H2,1H3,(H2,24,25,28). The van der Waals surface area contributed by atoms with Gasteiger partial charge in [-0.05, 0) is 35.4 Å². The second kappa shape index (κ2) is 9.37. The van der Waals surface area contributed by atoms with E-state index in [0.717, 1.165) is 16.8 Å². The summed E-state index contributed by atoms with van der Waals surface area (Å²) in [4.78, 5) is 26.1. The summed E-state index contributed by atoms with van der Waals surface area (Å²) in [5.74, 6) is 0.00696. The first-order chi connectivity index (χ1) is 13.6. The van der Waals surface area contributed by atoms with Crippen LogP contribution >= 0.6 is 0 Å². The molecule has 5 heteroatoms. The van der Waals surface area contributed by atoms with E-state index in [1.807, 2.05) is 72.8 Å². The number of urea groups is 1. The largest absolute Gasteiger partial charge is 0.334 e.